The van der Waals surface area contributed by atoms with Gasteiger partial charge in [0.25, 0.3) is 0 Å². The van der Waals surface area contributed by atoms with Crippen molar-refractivity contribution in [2.45, 2.75) is 111 Å². The molecule has 9 heteroatoms. The number of hydrogen-bond acceptors (Lipinski definition) is 5. The van der Waals surface area contributed by atoms with E-state index in [4.69, 9.17) is 10.5 Å². The lowest BCUT2D eigenvalue weighted by Gasteiger charge is -2.39. The Morgan fingerprint density at radius 3 is 1.97 bits per heavy atom. The summed E-state index contributed by atoms with van der Waals surface area (Å²) in [5.41, 5.74) is 6.29. The molecular formula is C28H46N4O5. The summed E-state index contributed by atoms with van der Waals surface area (Å²) in [6.45, 7) is 16.8. The van der Waals surface area contributed by atoms with Gasteiger partial charge in [0.2, 0.25) is 17.7 Å². The van der Waals surface area contributed by atoms with Crippen LogP contribution in [-0.4, -0.2) is 52.4 Å². The van der Waals surface area contributed by atoms with Crippen LogP contribution in [-0.2, 0) is 19.1 Å². The monoisotopic (exact) mass is 518 g/mol. The number of aryl methyl sites for hydroxylation is 1. The van der Waals surface area contributed by atoms with E-state index in [9.17, 15) is 19.2 Å². The van der Waals surface area contributed by atoms with Gasteiger partial charge in [-0.2, -0.15) is 0 Å². The largest absolute Gasteiger partial charge is 0.444 e. The zero-order chi connectivity index (χ0) is 28.5. The number of nitrogens with two attached hydrogens (primary N) is 1. The minimum Gasteiger partial charge on any atom is -0.444 e. The predicted octanol–water partition coefficient (Wildman–Crippen LogP) is 3.98. The van der Waals surface area contributed by atoms with Crippen LogP contribution in [0.2, 0.25) is 0 Å². The first kappa shape index (κ1) is 31.9. The van der Waals surface area contributed by atoms with Gasteiger partial charge in [-0.3, -0.25) is 14.4 Å². The van der Waals surface area contributed by atoms with Crippen LogP contribution < -0.4 is 16.4 Å². The van der Waals surface area contributed by atoms with E-state index in [0.29, 0.717) is 17.9 Å². The summed E-state index contributed by atoms with van der Waals surface area (Å²) >= 11 is 0. The van der Waals surface area contributed by atoms with E-state index in [0.717, 1.165) is 12.0 Å². The molecule has 0 aliphatic rings. The molecule has 0 fully saturated rings. The van der Waals surface area contributed by atoms with E-state index in [1.165, 1.54) is 4.90 Å². The number of amides is 4. The van der Waals surface area contributed by atoms with Crippen LogP contribution in [0.5, 0.6) is 0 Å². The number of nitrogens with zero attached hydrogens (tertiary/aromatic N) is 1. The molecule has 37 heavy (non-hydrogen) atoms. The second-order valence-electron chi connectivity index (χ2n) is 11.4. The van der Waals surface area contributed by atoms with Crippen molar-refractivity contribution in [1.82, 2.24) is 15.5 Å². The van der Waals surface area contributed by atoms with E-state index in [-0.39, 0.29) is 18.0 Å². The topological polar surface area (TPSA) is 131 Å². The van der Waals surface area contributed by atoms with Crippen LogP contribution in [0.15, 0.2) is 24.3 Å². The third kappa shape index (κ3) is 11.2. The van der Waals surface area contributed by atoms with E-state index < -0.39 is 42.0 Å². The molecule has 0 saturated carbocycles. The highest BCUT2D eigenvalue weighted by Crippen LogP contribution is 2.28. The van der Waals surface area contributed by atoms with Gasteiger partial charge in [-0.25, -0.2) is 4.79 Å². The van der Waals surface area contributed by atoms with Gasteiger partial charge in [-0.05, 0) is 72.8 Å². The number of ether oxygens (including phenoxy) is 1. The fourth-order valence-corrected chi connectivity index (χ4v) is 3.89. The maximum absolute atomic E-state index is 14.1. The zero-order valence-corrected chi connectivity index (χ0v) is 23.9. The minimum atomic E-state index is -1.30. The number of rotatable bonds is 12. The summed E-state index contributed by atoms with van der Waals surface area (Å²) in [6, 6.07) is 4.58. The molecule has 0 bridgehead atoms. The highest BCUT2D eigenvalue weighted by molar-refractivity contribution is 5.94. The van der Waals surface area contributed by atoms with Crippen LogP contribution in [0.4, 0.5) is 4.79 Å². The first-order valence-corrected chi connectivity index (χ1v) is 13.0. The number of primary amides is 1. The Labute approximate surface area is 221 Å². The number of carbonyl (C=O) groups excluding carboxylic acids is 4. The molecule has 4 N–H and O–H groups in total. The third-order valence-corrected chi connectivity index (χ3v) is 5.64. The molecule has 208 valence electrons. The first-order chi connectivity index (χ1) is 17.0. The number of hydrogen-bond donors (Lipinski definition) is 3. The molecule has 0 saturated heterocycles. The molecule has 3 unspecified atom stereocenters. The van der Waals surface area contributed by atoms with Crippen molar-refractivity contribution < 1.29 is 23.9 Å². The van der Waals surface area contributed by atoms with Crippen LogP contribution in [0.3, 0.4) is 0 Å². The van der Waals surface area contributed by atoms with Crippen molar-refractivity contribution in [1.29, 1.82) is 0 Å². The van der Waals surface area contributed by atoms with Crippen molar-refractivity contribution in [3.63, 3.8) is 0 Å². The number of carbonyl (C=O) groups is 4. The molecule has 0 spiro atoms. The molecule has 1 aromatic carbocycles. The van der Waals surface area contributed by atoms with E-state index >= 15 is 0 Å². The van der Waals surface area contributed by atoms with E-state index in [1.54, 1.807) is 20.8 Å². The van der Waals surface area contributed by atoms with E-state index in [1.807, 2.05) is 52.0 Å². The van der Waals surface area contributed by atoms with Gasteiger partial charge in [-0.1, -0.05) is 43.7 Å². The third-order valence-electron chi connectivity index (χ3n) is 5.64. The van der Waals surface area contributed by atoms with Gasteiger partial charge in [0.15, 0.2) is 0 Å². The summed E-state index contributed by atoms with van der Waals surface area (Å²) in [7, 11) is 0. The number of nitrogens with one attached hydrogen (secondary N) is 2. The summed E-state index contributed by atoms with van der Waals surface area (Å²) in [5.74, 6) is -1.31. The molecule has 1 aromatic rings. The van der Waals surface area contributed by atoms with Gasteiger partial charge >= 0.3 is 6.09 Å². The van der Waals surface area contributed by atoms with Crippen molar-refractivity contribution >= 4 is 23.8 Å². The molecule has 4 amide bonds. The van der Waals surface area contributed by atoms with Gasteiger partial charge in [0.05, 0.1) is 6.42 Å². The van der Waals surface area contributed by atoms with Gasteiger partial charge < -0.3 is 26.0 Å². The Morgan fingerprint density at radius 1 is 0.946 bits per heavy atom. The summed E-state index contributed by atoms with van der Waals surface area (Å²) in [6.07, 6.45) is 0.159. The normalized spacial score (nSPS) is 14.0. The Hall–Kier alpha value is -3.10. The smallest absolute Gasteiger partial charge is 0.408 e. The average molecular weight is 519 g/mol. The van der Waals surface area contributed by atoms with Gasteiger partial charge in [-0.15, -0.1) is 0 Å². The van der Waals surface area contributed by atoms with Crippen molar-refractivity contribution in [3.8, 4) is 0 Å². The average Bonchev–Trinajstić information content (AvgIpc) is 2.73. The molecule has 1 rings (SSSR count). The van der Waals surface area contributed by atoms with Crippen molar-refractivity contribution in [2.24, 2.45) is 11.7 Å². The maximum Gasteiger partial charge on any atom is 0.408 e. The molecule has 9 nitrogen and oxygen atoms in total. The highest BCUT2D eigenvalue weighted by Gasteiger charge is 2.39. The fourth-order valence-electron chi connectivity index (χ4n) is 3.89. The van der Waals surface area contributed by atoms with Crippen molar-refractivity contribution in [3.05, 3.63) is 35.4 Å². The van der Waals surface area contributed by atoms with Crippen LogP contribution >= 0.6 is 0 Å². The summed E-state index contributed by atoms with van der Waals surface area (Å²) in [4.78, 5) is 53.7. The quantitative estimate of drug-likeness (QED) is 0.385. The Balaban J connectivity index is 3.60. The van der Waals surface area contributed by atoms with Crippen LogP contribution in [0.1, 0.15) is 91.8 Å². The summed E-state index contributed by atoms with van der Waals surface area (Å²) < 4.78 is 5.33. The number of benzene rings is 1. The first-order valence-electron chi connectivity index (χ1n) is 13.0. The predicted molar refractivity (Wildman–Crippen MR) is 145 cm³/mol. The highest BCUT2D eigenvalue weighted by atomic mass is 16.6. The van der Waals surface area contributed by atoms with Gasteiger partial charge in [0.1, 0.15) is 17.7 Å². The minimum absolute atomic E-state index is 0.162. The molecule has 3 atom stereocenters. The summed E-state index contributed by atoms with van der Waals surface area (Å²) in [5, 5.41) is 5.44. The second-order valence-corrected chi connectivity index (χ2v) is 11.4. The van der Waals surface area contributed by atoms with Crippen LogP contribution in [0.25, 0.3) is 0 Å². The molecule has 0 heterocycles. The Bertz CT molecular complexity index is 921. The Kier molecular flexibility index (Phi) is 12.1. The fraction of sp³-hybridized carbons (Fsp3) is 0.643. The molecule has 0 radical (unpaired) electrons. The Morgan fingerprint density at radius 2 is 1.51 bits per heavy atom. The molecular weight excluding hydrogens is 472 g/mol. The lowest BCUT2D eigenvalue weighted by molar-refractivity contribution is -0.146. The standard InChI is InChI=1S/C28H46N4O5/c1-17(2)10-13-20(6)32(24(25(34)30-18(3)4)21-14-11-19(5)12-15-21)26(35)22(16-23(29)33)31-27(36)37-28(7,8)9/h11-12,14-15,17-18,20,22,24H,10,13,16H2,1-9H3,(H2,29,33)(H,30,34)(H,31,36). The molecule has 0 aliphatic heterocycles. The second kappa shape index (κ2) is 14.0. The maximum atomic E-state index is 14.1. The van der Waals surface area contributed by atoms with E-state index in [2.05, 4.69) is 24.5 Å². The number of alkyl carbamates (subject to hydrolysis) is 1. The lowest BCUT2D eigenvalue weighted by Crippen LogP contribution is -2.56. The van der Waals surface area contributed by atoms with Gasteiger partial charge in [0, 0.05) is 12.1 Å². The SMILES string of the molecule is Cc1ccc(C(C(=O)NC(C)C)N(C(=O)C(CC(N)=O)NC(=O)OC(C)(C)C)C(C)CCC(C)C)cc1. The van der Waals surface area contributed by atoms with Crippen LogP contribution in [0, 0.1) is 12.8 Å². The zero-order valence-electron chi connectivity index (χ0n) is 23.9. The molecule has 0 aliphatic carbocycles. The lowest BCUT2D eigenvalue weighted by atomic mass is 9.96. The molecule has 0 aromatic heterocycles. The van der Waals surface area contributed by atoms with Crippen molar-refractivity contribution in [2.75, 3.05) is 0 Å².